The summed E-state index contributed by atoms with van der Waals surface area (Å²) in [6.45, 7) is 2.53. The summed E-state index contributed by atoms with van der Waals surface area (Å²) in [5, 5.41) is 14.6. The zero-order valence-corrected chi connectivity index (χ0v) is 9.40. The molecule has 0 bridgehead atoms. The first-order valence-electron chi connectivity index (χ1n) is 5.48. The van der Waals surface area contributed by atoms with Crippen LogP contribution >= 0.6 is 0 Å². The Morgan fingerprint density at radius 3 is 2.67 bits per heavy atom. The maximum atomic E-state index is 10.3. The van der Waals surface area contributed by atoms with Crippen LogP contribution in [-0.2, 0) is 7.05 Å². The van der Waals surface area contributed by atoms with E-state index in [4.69, 9.17) is 5.73 Å². The topological polar surface area (TPSA) is 64.1 Å². The van der Waals surface area contributed by atoms with Crippen LogP contribution in [0.5, 0.6) is 0 Å². The van der Waals surface area contributed by atoms with Gasteiger partial charge in [-0.05, 0) is 25.8 Å². The van der Waals surface area contributed by atoms with E-state index >= 15 is 0 Å². The lowest BCUT2D eigenvalue weighted by atomic mass is 9.64. The number of hydrogen-bond donors (Lipinski definition) is 2. The van der Waals surface area contributed by atoms with E-state index in [0.717, 1.165) is 24.2 Å². The molecule has 1 heterocycles. The van der Waals surface area contributed by atoms with Crippen molar-refractivity contribution in [3.63, 3.8) is 0 Å². The number of aromatic nitrogens is 2. The summed E-state index contributed by atoms with van der Waals surface area (Å²) < 4.78 is 1.79. The molecule has 1 saturated carbocycles. The molecular formula is C11H19N3O. The van der Waals surface area contributed by atoms with Crippen molar-refractivity contribution in [3.8, 4) is 0 Å². The highest BCUT2D eigenvalue weighted by Gasteiger charge is 2.43. The van der Waals surface area contributed by atoms with Crippen LogP contribution in [-0.4, -0.2) is 21.4 Å². The van der Waals surface area contributed by atoms with Gasteiger partial charge in [-0.1, -0.05) is 6.42 Å². The molecule has 3 N–H and O–H groups in total. The first-order chi connectivity index (χ1) is 7.09. The van der Waals surface area contributed by atoms with Gasteiger partial charge in [-0.2, -0.15) is 5.10 Å². The van der Waals surface area contributed by atoms with Gasteiger partial charge >= 0.3 is 0 Å². The lowest BCUT2D eigenvalue weighted by molar-refractivity contribution is -0.0324. The summed E-state index contributed by atoms with van der Waals surface area (Å²) in [7, 11) is 1.89. The minimum absolute atomic E-state index is 0.110. The van der Waals surface area contributed by atoms with Gasteiger partial charge in [0, 0.05) is 24.7 Å². The standard InChI is InChI=1S/C11H19N3O/c1-8-6-9(13-14(8)2)10(15)11(7-12)4-3-5-11/h6,10,15H,3-5,7,12H2,1-2H3/t10-/m0/s1. The van der Waals surface area contributed by atoms with E-state index in [0.29, 0.717) is 6.54 Å². The van der Waals surface area contributed by atoms with Crippen LogP contribution in [0.15, 0.2) is 6.07 Å². The van der Waals surface area contributed by atoms with Crippen LogP contribution < -0.4 is 5.73 Å². The lowest BCUT2D eigenvalue weighted by Gasteiger charge is -2.44. The third kappa shape index (κ3) is 1.58. The van der Waals surface area contributed by atoms with Gasteiger partial charge in [0.2, 0.25) is 0 Å². The molecule has 1 atom stereocenters. The van der Waals surface area contributed by atoms with Crippen molar-refractivity contribution < 1.29 is 5.11 Å². The van der Waals surface area contributed by atoms with Crippen molar-refractivity contribution in [1.29, 1.82) is 0 Å². The van der Waals surface area contributed by atoms with E-state index in [1.165, 1.54) is 6.42 Å². The SMILES string of the molecule is Cc1cc([C@H](O)C2(CN)CCC2)nn1C. The Morgan fingerprint density at radius 2 is 2.33 bits per heavy atom. The summed E-state index contributed by atoms with van der Waals surface area (Å²) in [6.07, 6.45) is 2.69. The van der Waals surface area contributed by atoms with Gasteiger partial charge < -0.3 is 10.8 Å². The van der Waals surface area contributed by atoms with Crippen LogP contribution in [0.25, 0.3) is 0 Å². The Labute approximate surface area is 90.1 Å². The van der Waals surface area contributed by atoms with Gasteiger partial charge in [-0.3, -0.25) is 4.68 Å². The van der Waals surface area contributed by atoms with E-state index in [2.05, 4.69) is 5.10 Å². The summed E-state index contributed by atoms with van der Waals surface area (Å²) in [6, 6.07) is 1.94. The Hall–Kier alpha value is -0.870. The lowest BCUT2D eigenvalue weighted by Crippen LogP contribution is -2.42. The van der Waals surface area contributed by atoms with Gasteiger partial charge in [-0.25, -0.2) is 0 Å². The molecule has 0 saturated heterocycles. The molecule has 0 radical (unpaired) electrons. The average Bonchev–Trinajstić information content (AvgIpc) is 2.46. The molecule has 84 valence electrons. The zero-order valence-electron chi connectivity index (χ0n) is 9.40. The fourth-order valence-corrected chi connectivity index (χ4v) is 2.26. The maximum Gasteiger partial charge on any atom is 0.105 e. The van der Waals surface area contributed by atoms with Crippen molar-refractivity contribution in [3.05, 3.63) is 17.5 Å². The van der Waals surface area contributed by atoms with E-state index in [9.17, 15) is 5.11 Å². The smallest absolute Gasteiger partial charge is 0.105 e. The molecule has 4 nitrogen and oxygen atoms in total. The maximum absolute atomic E-state index is 10.3. The van der Waals surface area contributed by atoms with Crippen LogP contribution in [0.1, 0.15) is 36.8 Å². The molecule has 1 fully saturated rings. The van der Waals surface area contributed by atoms with Gasteiger partial charge in [0.1, 0.15) is 6.10 Å². The molecule has 0 aliphatic heterocycles. The van der Waals surface area contributed by atoms with E-state index < -0.39 is 6.10 Å². The normalized spacial score (nSPS) is 21.1. The zero-order chi connectivity index (χ0) is 11.1. The molecule has 1 aromatic rings. The Balaban J connectivity index is 2.23. The fourth-order valence-electron chi connectivity index (χ4n) is 2.26. The van der Waals surface area contributed by atoms with Crippen molar-refractivity contribution in [1.82, 2.24) is 9.78 Å². The summed E-state index contributed by atoms with van der Waals surface area (Å²) in [4.78, 5) is 0. The highest BCUT2D eigenvalue weighted by Crippen LogP contribution is 2.49. The molecule has 1 aliphatic rings. The third-order valence-corrected chi connectivity index (χ3v) is 3.75. The van der Waals surface area contributed by atoms with Crippen molar-refractivity contribution >= 4 is 0 Å². The summed E-state index contributed by atoms with van der Waals surface area (Å²) in [5.41, 5.74) is 7.48. The molecule has 1 aliphatic carbocycles. The first kappa shape index (κ1) is 10.6. The number of hydrogen-bond acceptors (Lipinski definition) is 3. The number of nitrogens with two attached hydrogens (primary N) is 1. The average molecular weight is 209 g/mol. The van der Waals surface area contributed by atoms with Crippen molar-refractivity contribution in [2.24, 2.45) is 18.2 Å². The summed E-state index contributed by atoms with van der Waals surface area (Å²) >= 11 is 0. The third-order valence-electron chi connectivity index (χ3n) is 3.75. The first-order valence-corrected chi connectivity index (χ1v) is 5.48. The Kier molecular flexibility index (Phi) is 2.56. The molecule has 2 rings (SSSR count). The molecule has 0 aromatic carbocycles. The molecule has 1 aromatic heterocycles. The second-order valence-corrected chi connectivity index (χ2v) is 4.66. The van der Waals surface area contributed by atoms with Gasteiger partial charge in [0.25, 0.3) is 0 Å². The highest BCUT2D eigenvalue weighted by molar-refractivity contribution is 5.15. The predicted molar refractivity (Wildman–Crippen MR) is 58.2 cm³/mol. The van der Waals surface area contributed by atoms with Crippen LogP contribution in [0.3, 0.4) is 0 Å². The van der Waals surface area contributed by atoms with Crippen LogP contribution in [0.4, 0.5) is 0 Å². The Bertz CT molecular complexity index is 330. The second-order valence-electron chi connectivity index (χ2n) is 4.66. The second kappa shape index (κ2) is 3.61. The quantitative estimate of drug-likeness (QED) is 0.777. The number of aryl methyl sites for hydroxylation is 2. The van der Waals surface area contributed by atoms with Gasteiger partial charge in [-0.15, -0.1) is 0 Å². The Morgan fingerprint density at radius 1 is 1.67 bits per heavy atom. The predicted octanol–water partition coefficient (Wildman–Crippen LogP) is 0.891. The number of aliphatic hydroxyl groups excluding tert-OH is 1. The molecule has 0 spiro atoms. The highest BCUT2D eigenvalue weighted by atomic mass is 16.3. The van der Waals surface area contributed by atoms with E-state index in [-0.39, 0.29) is 5.41 Å². The number of rotatable bonds is 3. The van der Waals surface area contributed by atoms with Crippen LogP contribution in [0, 0.1) is 12.3 Å². The minimum atomic E-state index is -0.504. The fraction of sp³-hybridized carbons (Fsp3) is 0.727. The largest absolute Gasteiger partial charge is 0.386 e. The van der Waals surface area contributed by atoms with E-state index in [1.807, 2.05) is 20.0 Å². The molecule has 15 heavy (non-hydrogen) atoms. The molecule has 0 amide bonds. The molecular weight excluding hydrogens is 190 g/mol. The molecule has 0 unspecified atom stereocenters. The minimum Gasteiger partial charge on any atom is -0.386 e. The van der Waals surface area contributed by atoms with Gasteiger partial charge in [0.05, 0.1) is 5.69 Å². The monoisotopic (exact) mass is 209 g/mol. The van der Waals surface area contributed by atoms with Crippen LogP contribution in [0.2, 0.25) is 0 Å². The summed E-state index contributed by atoms with van der Waals surface area (Å²) in [5.74, 6) is 0. The van der Waals surface area contributed by atoms with E-state index in [1.54, 1.807) is 4.68 Å². The van der Waals surface area contributed by atoms with Crippen molar-refractivity contribution in [2.45, 2.75) is 32.3 Å². The number of aliphatic hydroxyl groups is 1. The number of nitrogens with zero attached hydrogens (tertiary/aromatic N) is 2. The van der Waals surface area contributed by atoms with Crippen molar-refractivity contribution in [2.75, 3.05) is 6.54 Å². The molecule has 4 heteroatoms. The van der Waals surface area contributed by atoms with Gasteiger partial charge in [0.15, 0.2) is 0 Å².